The van der Waals surface area contributed by atoms with Crippen molar-refractivity contribution in [1.82, 2.24) is 5.32 Å². The molecule has 0 unspecified atom stereocenters. The topological polar surface area (TPSA) is 42.2 Å². The van der Waals surface area contributed by atoms with Crippen molar-refractivity contribution in [3.05, 3.63) is 59.0 Å². The summed E-state index contributed by atoms with van der Waals surface area (Å²) in [6, 6.07) is 10.2. The largest absolute Gasteiger partial charge is 0.469 e. The van der Waals surface area contributed by atoms with Gasteiger partial charge >= 0.3 is 0 Å². The molecule has 0 saturated carbocycles. The monoisotopic (exact) mass is 285 g/mol. The van der Waals surface area contributed by atoms with Gasteiger partial charge in [-0.1, -0.05) is 18.2 Å². The Hall–Kier alpha value is -2.03. The predicted octanol–water partition coefficient (Wildman–Crippen LogP) is 3.58. The van der Waals surface area contributed by atoms with Crippen molar-refractivity contribution < 1.29 is 9.21 Å². The predicted molar refractivity (Wildman–Crippen MR) is 84.3 cm³/mol. The van der Waals surface area contributed by atoms with Crippen molar-refractivity contribution in [2.45, 2.75) is 39.5 Å². The summed E-state index contributed by atoms with van der Waals surface area (Å²) in [5.41, 5.74) is 3.80. The highest BCUT2D eigenvalue weighted by Gasteiger charge is 2.03. The number of hydrogen-bond donors (Lipinski definition) is 1. The highest BCUT2D eigenvalue weighted by molar-refractivity contribution is 5.76. The van der Waals surface area contributed by atoms with Gasteiger partial charge in [-0.3, -0.25) is 4.79 Å². The molecule has 2 rings (SSSR count). The molecule has 2 aromatic rings. The summed E-state index contributed by atoms with van der Waals surface area (Å²) in [5, 5.41) is 2.96. The molecule has 3 nitrogen and oxygen atoms in total. The summed E-state index contributed by atoms with van der Waals surface area (Å²) in [4.78, 5) is 11.8. The van der Waals surface area contributed by atoms with Crippen molar-refractivity contribution >= 4 is 5.91 Å². The molecule has 0 fully saturated rings. The molecule has 0 radical (unpaired) electrons. The van der Waals surface area contributed by atoms with Crippen LogP contribution < -0.4 is 5.32 Å². The van der Waals surface area contributed by atoms with Gasteiger partial charge in [0.25, 0.3) is 0 Å². The van der Waals surface area contributed by atoms with E-state index < -0.39 is 0 Å². The molecule has 0 saturated heterocycles. The van der Waals surface area contributed by atoms with Crippen molar-refractivity contribution in [3.8, 4) is 0 Å². The molecule has 0 aliphatic carbocycles. The van der Waals surface area contributed by atoms with E-state index in [0.29, 0.717) is 13.0 Å². The SMILES string of the molecule is Cc1ccc(CCC(=O)NCCCc2ccco2)cc1C. The number of rotatable bonds is 7. The molecule has 112 valence electrons. The zero-order valence-electron chi connectivity index (χ0n) is 12.8. The third-order valence-electron chi connectivity index (χ3n) is 3.71. The standard InChI is InChI=1S/C18H23NO2/c1-14-7-8-16(13-15(14)2)9-10-18(20)19-11-3-5-17-6-4-12-21-17/h4,6-8,12-13H,3,5,9-11H2,1-2H3,(H,19,20). The van der Waals surface area contributed by atoms with E-state index in [4.69, 9.17) is 4.42 Å². The number of benzene rings is 1. The van der Waals surface area contributed by atoms with Gasteiger partial charge in [0.1, 0.15) is 5.76 Å². The lowest BCUT2D eigenvalue weighted by atomic mass is 10.0. The van der Waals surface area contributed by atoms with Gasteiger partial charge in [-0.2, -0.15) is 0 Å². The van der Waals surface area contributed by atoms with Gasteiger partial charge in [-0.15, -0.1) is 0 Å². The lowest BCUT2D eigenvalue weighted by Crippen LogP contribution is -2.24. The van der Waals surface area contributed by atoms with Crippen LogP contribution in [0.4, 0.5) is 0 Å². The van der Waals surface area contributed by atoms with Crippen LogP contribution in [0, 0.1) is 13.8 Å². The number of nitrogens with one attached hydrogen (secondary N) is 1. The fourth-order valence-electron chi connectivity index (χ4n) is 2.25. The van der Waals surface area contributed by atoms with E-state index >= 15 is 0 Å². The molecule has 0 aliphatic rings. The molecule has 21 heavy (non-hydrogen) atoms. The van der Waals surface area contributed by atoms with E-state index in [1.165, 1.54) is 16.7 Å². The Kier molecular flexibility index (Phi) is 5.61. The second-order valence-electron chi connectivity index (χ2n) is 5.45. The molecule has 1 heterocycles. The van der Waals surface area contributed by atoms with Gasteiger partial charge < -0.3 is 9.73 Å². The Balaban J connectivity index is 1.64. The summed E-state index contributed by atoms with van der Waals surface area (Å²) >= 11 is 0. The van der Waals surface area contributed by atoms with Crippen LogP contribution in [0.15, 0.2) is 41.0 Å². The number of aryl methyl sites for hydroxylation is 4. The minimum atomic E-state index is 0.118. The van der Waals surface area contributed by atoms with E-state index in [0.717, 1.165) is 25.0 Å². The summed E-state index contributed by atoms with van der Waals surface area (Å²) in [7, 11) is 0. The Morgan fingerprint density at radius 3 is 2.71 bits per heavy atom. The zero-order chi connectivity index (χ0) is 15.1. The molecule has 0 bridgehead atoms. The van der Waals surface area contributed by atoms with Crippen LogP contribution >= 0.6 is 0 Å². The first-order valence-electron chi connectivity index (χ1n) is 7.50. The van der Waals surface area contributed by atoms with E-state index in [1.807, 2.05) is 12.1 Å². The number of carbonyl (C=O) groups is 1. The lowest BCUT2D eigenvalue weighted by molar-refractivity contribution is -0.121. The first-order valence-corrected chi connectivity index (χ1v) is 7.50. The van der Waals surface area contributed by atoms with E-state index in [1.54, 1.807) is 6.26 Å². The van der Waals surface area contributed by atoms with Crippen LogP contribution in [0.2, 0.25) is 0 Å². The molecule has 1 aromatic heterocycles. The highest BCUT2D eigenvalue weighted by atomic mass is 16.3. The second-order valence-corrected chi connectivity index (χ2v) is 5.45. The molecular weight excluding hydrogens is 262 g/mol. The molecule has 0 atom stereocenters. The first kappa shape index (κ1) is 15.4. The molecule has 0 spiro atoms. The van der Waals surface area contributed by atoms with Gasteiger partial charge in [0.05, 0.1) is 6.26 Å². The minimum Gasteiger partial charge on any atom is -0.469 e. The molecule has 3 heteroatoms. The summed E-state index contributed by atoms with van der Waals surface area (Å²) in [6.45, 7) is 4.91. The Labute approximate surface area is 126 Å². The smallest absolute Gasteiger partial charge is 0.220 e. The van der Waals surface area contributed by atoms with E-state index in [9.17, 15) is 4.79 Å². The van der Waals surface area contributed by atoms with Gasteiger partial charge in [0.2, 0.25) is 5.91 Å². The summed E-state index contributed by atoms with van der Waals surface area (Å²) in [5.74, 6) is 1.09. The van der Waals surface area contributed by atoms with Gasteiger partial charge in [0.15, 0.2) is 0 Å². The van der Waals surface area contributed by atoms with E-state index in [-0.39, 0.29) is 5.91 Å². The fourth-order valence-corrected chi connectivity index (χ4v) is 2.25. The van der Waals surface area contributed by atoms with Gasteiger partial charge in [0, 0.05) is 19.4 Å². The van der Waals surface area contributed by atoms with Crippen LogP contribution in [0.3, 0.4) is 0 Å². The van der Waals surface area contributed by atoms with Crippen LogP contribution in [0.25, 0.3) is 0 Å². The van der Waals surface area contributed by atoms with E-state index in [2.05, 4.69) is 37.4 Å². The molecule has 1 N–H and O–H groups in total. The number of furan rings is 1. The quantitative estimate of drug-likeness (QED) is 0.790. The zero-order valence-corrected chi connectivity index (χ0v) is 12.8. The number of hydrogen-bond acceptors (Lipinski definition) is 2. The highest BCUT2D eigenvalue weighted by Crippen LogP contribution is 2.11. The number of carbonyl (C=O) groups excluding carboxylic acids is 1. The molecule has 1 aromatic carbocycles. The second kappa shape index (κ2) is 7.67. The van der Waals surface area contributed by atoms with Crippen molar-refractivity contribution in [2.75, 3.05) is 6.54 Å². The molecule has 0 aliphatic heterocycles. The van der Waals surface area contributed by atoms with Crippen LogP contribution in [-0.2, 0) is 17.6 Å². The summed E-state index contributed by atoms with van der Waals surface area (Å²) in [6.07, 6.45) is 4.79. The van der Waals surface area contributed by atoms with Crippen molar-refractivity contribution in [3.63, 3.8) is 0 Å². The fraction of sp³-hybridized carbons (Fsp3) is 0.389. The maximum atomic E-state index is 11.8. The first-order chi connectivity index (χ1) is 10.1. The third kappa shape index (κ3) is 5.10. The molecule has 1 amide bonds. The van der Waals surface area contributed by atoms with Crippen LogP contribution in [0.1, 0.15) is 35.3 Å². The average molecular weight is 285 g/mol. The van der Waals surface area contributed by atoms with Crippen LogP contribution in [0.5, 0.6) is 0 Å². The van der Waals surface area contributed by atoms with Crippen molar-refractivity contribution in [1.29, 1.82) is 0 Å². The van der Waals surface area contributed by atoms with Crippen LogP contribution in [-0.4, -0.2) is 12.5 Å². The Bertz CT molecular complexity index is 573. The van der Waals surface area contributed by atoms with Gasteiger partial charge in [-0.25, -0.2) is 0 Å². The Morgan fingerprint density at radius 2 is 2.00 bits per heavy atom. The maximum Gasteiger partial charge on any atom is 0.220 e. The lowest BCUT2D eigenvalue weighted by Gasteiger charge is -2.06. The maximum absolute atomic E-state index is 11.8. The molecular formula is C18H23NO2. The van der Waals surface area contributed by atoms with Crippen molar-refractivity contribution in [2.24, 2.45) is 0 Å². The Morgan fingerprint density at radius 1 is 1.14 bits per heavy atom. The third-order valence-corrected chi connectivity index (χ3v) is 3.71. The minimum absolute atomic E-state index is 0.118. The van der Waals surface area contributed by atoms with Gasteiger partial charge in [-0.05, 0) is 55.5 Å². The summed E-state index contributed by atoms with van der Waals surface area (Å²) < 4.78 is 5.25. The normalized spacial score (nSPS) is 10.6. The number of amides is 1. The average Bonchev–Trinajstić information content (AvgIpc) is 2.98.